The summed E-state index contributed by atoms with van der Waals surface area (Å²) in [6.45, 7) is 3.98. The van der Waals surface area contributed by atoms with E-state index < -0.39 is 0 Å². The molecule has 0 spiro atoms. The molecule has 5 heteroatoms. The van der Waals surface area contributed by atoms with Gasteiger partial charge in [0, 0.05) is 17.5 Å². The summed E-state index contributed by atoms with van der Waals surface area (Å²) < 4.78 is 4.61. The van der Waals surface area contributed by atoms with Crippen LogP contribution in [0.1, 0.15) is 37.2 Å². The minimum absolute atomic E-state index is 0.224. The van der Waals surface area contributed by atoms with Gasteiger partial charge in [0.1, 0.15) is 6.26 Å². The van der Waals surface area contributed by atoms with Gasteiger partial charge in [-0.05, 0) is 19.8 Å². The maximum absolute atomic E-state index is 11.7. The van der Waals surface area contributed by atoms with Crippen molar-refractivity contribution < 1.29 is 9.32 Å². The summed E-state index contributed by atoms with van der Waals surface area (Å²) in [6, 6.07) is 1.53. The van der Waals surface area contributed by atoms with Crippen molar-refractivity contribution in [1.29, 1.82) is 0 Å². The maximum atomic E-state index is 11.7. The average molecular weight is 231 g/mol. The molecule has 15 heavy (non-hydrogen) atoms. The fourth-order valence-electron chi connectivity index (χ4n) is 1.20. The molecule has 1 N–H and O–H groups in total. The van der Waals surface area contributed by atoms with Crippen LogP contribution in [0.25, 0.3) is 0 Å². The summed E-state index contributed by atoms with van der Waals surface area (Å²) in [7, 11) is 0. The molecular formula is C10H15ClN2O2. The van der Waals surface area contributed by atoms with Crippen LogP contribution >= 0.6 is 11.6 Å². The van der Waals surface area contributed by atoms with Crippen LogP contribution in [0, 0.1) is 0 Å². The van der Waals surface area contributed by atoms with Gasteiger partial charge in [-0.3, -0.25) is 4.79 Å². The Hall–Kier alpha value is -1.03. The standard InChI is InChI=1S/C10H15ClN2O2/c1-3-10(2,5-6-11)12-9(14)8-4-7-15-13-8/h4,7H,3,5-6H2,1-2H3,(H,12,14). The second kappa shape index (κ2) is 5.16. The summed E-state index contributed by atoms with van der Waals surface area (Å²) in [5, 5.41) is 6.48. The van der Waals surface area contributed by atoms with Crippen molar-refractivity contribution in [3.63, 3.8) is 0 Å². The second-order valence-electron chi connectivity index (χ2n) is 3.69. The fourth-order valence-corrected chi connectivity index (χ4v) is 1.62. The highest BCUT2D eigenvalue weighted by molar-refractivity contribution is 6.17. The molecule has 1 unspecified atom stereocenters. The van der Waals surface area contributed by atoms with Gasteiger partial charge in [-0.25, -0.2) is 0 Å². The molecule has 1 aromatic heterocycles. The van der Waals surface area contributed by atoms with E-state index in [0.29, 0.717) is 11.6 Å². The molecule has 0 aliphatic heterocycles. The van der Waals surface area contributed by atoms with E-state index in [1.807, 2.05) is 13.8 Å². The number of carbonyl (C=O) groups excluding carboxylic acids is 1. The van der Waals surface area contributed by atoms with E-state index in [1.54, 1.807) is 0 Å². The van der Waals surface area contributed by atoms with Gasteiger partial charge < -0.3 is 9.84 Å². The van der Waals surface area contributed by atoms with Crippen molar-refractivity contribution in [2.75, 3.05) is 5.88 Å². The summed E-state index contributed by atoms with van der Waals surface area (Å²) in [5.41, 5.74) is 0.0156. The topological polar surface area (TPSA) is 55.1 Å². The number of aromatic nitrogens is 1. The third-order valence-electron chi connectivity index (χ3n) is 2.51. The zero-order chi connectivity index (χ0) is 11.3. The molecule has 0 bridgehead atoms. The maximum Gasteiger partial charge on any atom is 0.273 e. The molecule has 0 saturated carbocycles. The first-order valence-electron chi connectivity index (χ1n) is 4.90. The molecule has 1 heterocycles. The number of amides is 1. The van der Waals surface area contributed by atoms with E-state index in [9.17, 15) is 4.79 Å². The van der Waals surface area contributed by atoms with Crippen molar-refractivity contribution in [3.05, 3.63) is 18.0 Å². The normalized spacial score (nSPS) is 14.6. The highest BCUT2D eigenvalue weighted by Crippen LogP contribution is 2.15. The minimum Gasteiger partial charge on any atom is -0.364 e. The van der Waals surface area contributed by atoms with Crippen molar-refractivity contribution in [1.82, 2.24) is 10.5 Å². The van der Waals surface area contributed by atoms with Crippen LogP contribution in [0.15, 0.2) is 16.9 Å². The lowest BCUT2D eigenvalue weighted by Crippen LogP contribution is -2.45. The Morgan fingerprint density at radius 3 is 2.93 bits per heavy atom. The number of hydrogen-bond donors (Lipinski definition) is 1. The number of nitrogens with one attached hydrogen (secondary N) is 1. The minimum atomic E-state index is -0.280. The quantitative estimate of drug-likeness (QED) is 0.789. The number of nitrogens with zero attached hydrogens (tertiary/aromatic N) is 1. The van der Waals surface area contributed by atoms with E-state index in [1.165, 1.54) is 12.3 Å². The third-order valence-corrected chi connectivity index (χ3v) is 2.70. The molecule has 1 aromatic rings. The molecule has 0 fully saturated rings. The van der Waals surface area contributed by atoms with Crippen LogP contribution in [0.4, 0.5) is 0 Å². The summed E-state index contributed by atoms with van der Waals surface area (Å²) in [4.78, 5) is 11.7. The summed E-state index contributed by atoms with van der Waals surface area (Å²) in [5.74, 6) is 0.293. The monoisotopic (exact) mass is 230 g/mol. The van der Waals surface area contributed by atoms with Gasteiger partial charge in [0.25, 0.3) is 5.91 Å². The van der Waals surface area contributed by atoms with Crippen LogP contribution in [0.5, 0.6) is 0 Å². The van der Waals surface area contributed by atoms with Gasteiger partial charge >= 0.3 is 0 Å². The third kappa shape index (κ3) is 3.23. The summed E-state index contributed by atoms with van der Waals surface area (Å²) >= 11 is 5.69. The number of hydrogen-bond acceptors (Lipinski definition) is 3. The zero-order valence-electron chi connectivity index (χ0n) is 8.92. The largest absolute Gasteiger partial charge is 0.364 e. The predicted molar refractivity (Wildman–Crippen MR) is 58.0 cm³/mol. The lowest BCUT2D eigenvalue weighted by Gasteiger charge is -2.28. The molecule has 0 aromatic carbocycles. The lowest BCUT2D eigenvalue weighted by molar-refractivity contribution is 0.0892. The predicted octanol–water partition coefficient (Wildman–Crippen LogP) is 2.20. The average Bonchev–Trinajstić information content (AvgIpc) is 2.71. The number of halogens is 1. The van der Waals surface area contributed by atoms with Crippen LogP contribution in [0.2, 0.25) is 0 Å². The van der Waals surface area contributed by atoms with Gasteiger partial charge in [-0.15, -0.1) is 11.6 Å². The van der Waals surface area contributed by atoms with Gasteiger partial charge in [0.2, 0.25) is 0 Å². The fraction of sp³-hybridized carbons (Fsp3) is 0.600. The highest BCUT2D eigenvalue weighted by Gasteiger charge is 2.24. The smallest absolute Gasteiger partial charge is 0.273 e. The van der Waals surface area contributed by atoms with Crippen molar-refractivity contribution in [2.24, 2.45) is 0 Å². The first kappa shape index (κ1) is 12.0. The van der Waals surface area contributed by atoms with Crippen LogP contribution in [-0.4, -0.2) is 22.5 Å². The Balaban J connectivity index is 2.63. The molecule has 1 rings (SSSR count). The van der Waals surface area contributed by atoms with E-state index in [-0.39, 0.29) is 11.4 Å². The Bertz CT molecular complexity index is 313. The molecule has 0 aliphatic carbocycles. The van der Waals surface area contributed by atoms with Crippen LogP contribution < -0.4 is 5.32 Å². The van der Waals surface area contributed by atoms with Gasteiger partial charge in [0.05, 0.1) is 0 Å². The number of alkyl halides is 1. The SMILES string of the molecule is CCC(C)(CCCl)NC(=O)c1ccon1. The van der Waals surface area contributed by atoms with Gasteiger partial charge in [-0.2, -0.15) is 0 Å². The van der Waals surface area contributed by atoms with Crippen LogP contribution in [-0.2, 0) is 0 Å². The first-order chi connectivity index (χ1) is 7.11. The Morgan fingerprint density at radius 1 is 1.73 bits per heavy atom. The van der Waals surface area contributed by atoms with Crippen molar-refractivity contribution >= 4 is 17.5 Å². The summed E-state index contributed by atoms with van der Waals surface area (Å²) in [6.07, 6.45) is 2.93. The highest BCUT2D eigenvalue weighted by atomic mass is 35.5. The molecule has 0 saturated heterocycles. The van der Waals surface area contributed by atoms with E-state index in [4.69, 9.17) is 11.6 Å². The van der Waals surface area contributed by atoms with E-state index in [2.05, 4.69) is 15.0 Å². The van der Waals surface area contributed by atoms with Gasteiger partial charge in [-0.1, -0.05) is 12.1 Å². The molecule has 0 aliphatic rings. The first-order valence-corrected chi connectivity index (χ1v) is 5.43. The molecule has 4 nitrogen and oxygen atoms in total. The molecule has 1 amide bonds. The van der Waals surface area contributed by atoms with E-state index >= 15 is 0 Å². The lowest BCUT2D eigenvalue weighted by atomic mass is 9.95. The molecule has 0 radical (unpaired) electrons. The zero-order valence-corrected chi connectivity index (χ0v) is 9.67. The van der Waals surface area contributed by atoms with Crippen molar-refractivity contribution in [2.45, 2.75) is 32.2 Å². The van der Waals surface area contributed by atoms with Crippen LogP contribution in [0.3, 0.4) is 0 Å². The molecule has 1 atom stereocenters. The number of carbonyl (C=O) groups is 1. The number of rotatable bonds is 5. The molecule has 84 valence electrons. The van der Waals surface area contributed by atoms with Crippen molar-refractivity contribution in [3.8, 4) is 0 Å². The Labute approximate surface area is 94.0 Å². The van der Waals surface area contributed by atoms with Gasteiger partial charge in [0.15, 0.2) is 5.69 Å². The molecular weight excluding hydrogens is 216 g/mol. The second-order valence-corrected chi connectivity index (χ2v) is 4.07. The Morgan fingerprint density at radius 2 is 2.47 bits per heavy atom. The Kier molecular flexibility index (Phi) is 4.15. The van der Waals surface area contributed by atoms with E-state index in [0.717, 1.165) is 12.8 Å².